The molecule has 3 nitrogen and oxygen atoms in total. The van der Waals surface area contributed by atoms with Gasteiger partial charge < -0.3 is 4.74 Å². The molecule has 1 atom stereocenters. The average molecular weight is 349 g/mol. The lowest BCUT2D eigenvalue weighted by atomic mass is 9.83. The highest BCUT2D eigenvalue weighted by Gasteiger charge is 2.31. The fourth-order valence-electron chi connectivity index (χ4n) is 3.33. The second-order valence-electron chi connectivity index (χ2n) is 7.77. The molecule has 3 heteroatoms. The lowest BCUT2D eigenvalue weighted by Crippen LogP contribution is -2.18. The van der Waals surface area contributed by atoms with Crippen molar-refractivity contribution in [1.29, 1.82) is 0 Å². The highest BCUT2D eigenvalue weighted by Crippen LogP contribution is 2.33. The summed E-state index contributed by atoms with van der Waals surface area (Å²) in [7, 11) is 0. The lowest BCUT2D eigenvalue weighted by molar-refractivity contribution is -0.119. The minimum absolute atomic E-state index is 0.205. The van der Waals surface area contributed by atoms with Crippen molar-refractivity contribution < 1.29 is 9.53 Å². The molecule has 0 fully saturated rings. The quantitative estimate of drug-likeness (QED) is 0.764. The maximum absolute atomic E-state index is 12.9. The molecule has 1 aliphatic rings. The summed E-state index contributed by atoms with van der Waals surface area (Å²) in [5.74, 6) is 0.553. The zero-order valence-corrected chi connectivity index (χ0v) is 16.3. The van der Waals surface area contributed by atoms with Crippen LogP contribution in [0.1, 0.15) is 60.9 Å². The van der Waals surface area contributed by atoms with E-state index in [1.54, 1.807) is 0 Å². The van der Waals surface area contributed by atoms with Crippen molar-refractivity contribution in [3.63, 3.8) is 0 Å². The Kier molecular flexibility index (Phi) is 4.99. The van der Waals surface area contributed by atoms with E-state index >= 15 is 0 Å². The average Bonchev–Trinajstić information content (AvgIpc) is 2.97. The molecule has 1 aliphatic heterocycles. The molecule has 0 saturated carbocycles. The van der Waals surface area contributed by atoms with Crippen LogP contribution in [0.15, 0.2) is 47.5 Å². The van der Waals surface area contributed by atoms with Gasteiger partial charge in [-0.1, -0.05) is 54.4 Å². The molecule has 26 heavy (non-hydrogen) atoms. The summed E-state index contributed by atoms with van der Waals surface area (Å²) in [5.41, 5.74) is 5.01. The van der Waals surface area contributed by atoms with Crippen molar-refractivity contribution in [2.75, 3.05) is 6.61 Å². The Morgan fingerprint density at radius 3 is 2.35 bits per heavy atom. The van der Waals surface area contributed by atoms with Gasteiger partial charge in [0.1, 0.15) is 12.4 Å². The Hall–Kier alpha value is -2.42. The van der Waals surface area contributed by atoms with Crippen LogP contribution in [0, 0.1) is 13.8 Å². The first-order valence-corrected chi connectivity index (χ1v) is 9.23. The summed E-state index contributed by atoms with van der Waals surface area (Å²) >= 11 is 0. The highest BCUT2D eigenvalue weighted by molar-refractivity contribution is 6.00. The minimum atomic E-state index is -0.300. The molecule has 2 aromatic rings. The molecule has 2 aromatic carbocycles. The lowest BCUT2D eigenvalue weighted by Gasteiger charge is -2.20. The summed E-state index contributed by atoms with van der Waals surface area (Å²) < 4.78 is 5.91. The van der Waals surface area contributed by atoms with E-state index in [0.29, 0.717) is 18.9 Å². The third-order valence-electron chi connectivity index (χ3n) is 4.80. The van der Waals surface area contributed by atoms with E-state index in [0.717, 1.165) is 22.3 Å². The van der Waals surface area contributed by atoms with Crippen LogP contribution in [-0.2, 0) is 9.53 Å². The number of aryl methyl sites for hydroxylation is 2. The number of ether oxygens (including phenoxy) is 1. The number of benzene rings is 2. The topological polar surface area (TPSA) is 38.7 Å². The van der Waals surface area contributed by atoms with Gasteiger partial charge in [-0.2, -0.15) is 0 Å². The van der Waals surface area contributed by atoms with E-state index in [9.17, 15) is 4.79 Å². The Balaban J connectivity index is 2.16. The standard InChI is InChI=1S/C23H27NO2/c1-6-20(25)21(17-10-7-15(2)8-11-17)18-12-9-16(3)13-19(18)22-24-23(4,5)14-26-22/h7-13,21H,6,14H2,1-5H3. The zero-order valence-electron chi connectivity index (χ0n) is 16.3. The predicted molar refractivity (Wildman–Crippen MR) is 106 cm³/mol. The zero-order chi connectivity index (χ0) is 18.9. The summed E-state index contributed by atoms with van der Waals surface area (Å²) in [6.45, 7) is 10.7. The number of nitrogens with zero attached hydrogens (tertiary/aromatic N) is 1. The fourth-order valence-corrected chi connectivity index (χ4v) is 3.33. The van der Waals surface area contributed by atoms with E-state index in [1.807, 2.05) is 6.92 Å². The Labute approximate surface area is 156 Å². The molecular formula is C23H27NO2. The number of hydrogen-bond acceptors (Lipinski definition) is 3. The van der Waals surface area contributed by atoms with Crippen molar-refractivity contribution in [3.05, 3.63) is 70.3 Å². The first-order valence-electron chi connectivity index (χ1n) is 9.23. The highest BCUT2D eigenvalue weighted by atomic mass is 16.5. The normalized spacial score (nSPS) is 16.7. The molecule has 0 spiro atoms. The second-order valence-corrected chi connectivity index (χ2v) is 7.77. The molecule has 1 unspecified atom stereocenters. The first kappa shape index (κ1) is 18.4. The number of ketones is 1. The van der Waals surface area contributed by atoms with Gasteiger partial charge in [-0.15, -0.1) is 0 Å². The van der Waals surface area contributed by atoms with E-state index in [4.69, 9.17) is 9.73 Å². The monoisotopic (exact) mass is 349 g/mol. The van der Waals surface area contributed by atoms with Gasteiger partial charge in [-0.3, -0.25) is 4.79 Å². The van der Waals surface area contributed by atoms with Crippen LogP contribution in [0.2, 0.25) is 0 Å². The van der Waals surface area contributed by atoms with E-state index < -0.39 is 0 Å². The Morgan fingerprint density at radius 1 is 1.12 bits per heavy atom. The van der Waals surface area contributed by atoms with Gasteiger partial charge in [0.25, 0.3) is 0 Å². The van der Waals surface area contributed by atoms with Crippen molar-refractivity contribution in [2.24, 2.45) is 4.99 Å². The van der Waals surface area contributed by atoms with Crippen molar-refractivity contribution in [2.45, 2.75) is 52.5 Å². The molecule has 3 rings (SSSR count). The molecule has 0 saturated heterocycles. The van der Waals surface area contributed by atoms with Gasteiger partial charge in [-0.25, -0.2) is 4.99 Å². The smallest absolute Gasteiger partial charge is 0.217 e. The summed E-state index contributed by atoms with van der Waals surface area (Å²) in [6, 6.07) is 14.4. The van der Waals surface area contributed by atoms with Crippen LogP contribution in [-0.4, -0.2) is 23.8 Å². The van der Waals surface area contributed by atoms with Gasteiger partial charge >= 0.3 is 0 Å². The molecule has 0 aliphatic carbocycles. The third kappa shape index (κ3) is 3.72. The van der Waals surface area contributed by atoms with Gasteiger partial charge in [0.05, 0.1) is 11.5 Å². The maximum Gasteiger partial charge on any atom is 0.217 e. The van der Waals surface area contributed by atoms with Crippen molar-refractivity contribution in [3.8, 4) is 0 Å². The third-order valence-corrected chi connectivity index (χ3v) is 4.80. The number of Topliss-reactive ketones (excluding diaryl/α,β-unsaturated/α-hetero) is 1. The summed E-state index contributed by atoms with van der Waals surface area (Å²) in [6.07, 6.45) is 0.491. The molecule has 0 radical (unpaired) electrons. The number of carbonyl (C=O) groups excluding carboxylic acids is 1. The molecule has 1 heterocycles. The van der Waals surface area contributed by atoms with E-state index in [1.165, 1.54) is 5.56 Å². The van der Waals surface area contributed by atoms with Crippen LogP contribution in [0.25, 0.3) is 0 Å². The molecular weight excluding hydrogens is 322 g/mol. The summed E-state index contributed by atoms with van der Waals surface area (Å²) in [5, 5.41) is 0. The van der Waals surface area contributed by atoms with E-state index in [-0.39, 0.29) is 17.2 Å². The van der Waals surface area contributed by atoms with Crippen molar-refractivity contribution in [1.82, 2.24) is 0 Å². The van der Waals surface area contributed by atoms with Gasteiger partial charge in [-0.05, 0) is 44.9 Å². The van der Waals surface area contributed by atoms with Gasteiger partial charge in [0, 0.05) is 12.0 Å². The Bertz CT molecular complexity index is 847. The fraction of sp³-hybridized carbons (Fsp3) is 0.391. The van der Waals surface area contributed by atoms with Crippen LogP contribution in [0.5, 0.6) is 0 Å². The molecule has 0 bridgehead atoms. The molecule has 136 valence electrons. The van der Waals surface area contributed by atoms with Crippen molar-refractivity contribution >= 4 is 11.7 Å². The summed E-state index contributed by atoms with van der Waals surface area (Å²) in [4.78, 5) is 17.6. The number of rotatable bonds is 5. The Morgan fingerprint density at radius 2 is 1.77 bits per heavy atom. The molecule has 0 aromatic heterocycles. The predicted octanol–water partition coefficient (Wildman–Crippen LogP) is 4.97. The maximum atomic E-state index is 12.9. The largest absolute Gasteiger partial charge is 0.475 e. The minimum Gasteiger partial charge on any atom is -0.475 e. The van der Waals surface area contributed by atoms with Crippen LogP contribution >= 0.6 is 0 Å². The number of carbonyl (C=O) groups is 1. The SMILES string of the molecule is CCC(=O)C(c1ccc(C)cc1)c1ccc(C)cc1C1=NC(C)(C)CO1. The molecule has 0 N–H and O–H groups in total. The van der Waals surface area contributed by atoms with Crippen LogP contribution in [0.4, 0.5) is 0 Å². The first-order chi connectivity index (χ1) is 12.3. The number of aliphatic imine (C=N–C) groups is 1. The van der Waals surface area contributed by atoms with Crippen LogP contribution in [0.3, 0.4) is 0 Å². The van der Waals surface area contributed by atoms with Gasteiger partial charge in [0.2, 0.25) is 5.90 Å². The molecule has 0 amide bonds. The van der Waals surface area contributed by atoms with E-state index in [2.05, 4.69) is 70.2 Å². The van der Waals surface area contributed by atoms with Gasteiger partial charge in [0.15, 0.2) is 0 Å². The second kappa shape index (κ2) is 7.06. The number of hydrogen-bond donors (Lipinski definition) is 0. The van der Waals surface area contributed by atoms with Crippen LogP contribution < -0.4 is 0 Å².